The fourth-order valence-corrected chi connectivity index (χ4v) is 0.478. The third-order valence-electron chi connectivity index (χ3n) is 0.918. The minimum atomic E-state index is -0.625. The van der Waals surface area contributed by atoms with Crippen molar-refractivity contribution in [3.05, 3.63) is 0 Å². The molecular weight excluding hydrogens is 160 g/mol. The van der Waals surface area contributed by atoms with Crippen LogP contribution in [0.5, 0.6) is 0 Å². The van der Waals surface area contributed by atoms with Gasteiger partial charge in [0, 0.05) is 6.54 Å². The van der Waals surface area contributed by atoms with Crippen molar-refractivity contribution in [2.24, 2.45) is 0 Å². The van der Waals surface area contributed by atoms with Gasteiger partial charge < -0.3 is 4.84 Å². The summed E-state index contributed by atoms with van der Waals surface area (Å²) in [5.41, 5.74) is 2.27. The number of Topliss-reactive ketones (excluding diaryl/α,β-unsaturated/α-hetero) is 1. The van der Waals surface area contributed by atoms with Crippen molar-refractivity contribution in [2.45, 2.75) is 19.8 Å². The minimum absolute atomic E-state index is 0.237. The Morgan fingerprint density at radius 3 is 2.75 bits per heavy atom. The van der Waals surface area contributed by atoms with Crippen molar-refractivity contribution in [2.75, 3.05) is 6.54 Å². The van der Waals surface area contributed by atoms with Gasteiger partial charge in [-0.3, -0.25) is 4.79 Å². The van der Waals surface area contributed by atoms with Gasteiger partial charge in [-0.2, -0.15) is 10.7 Å². The standard InChI is InChI=1S/C7H10N2O3/c1-6(10)5-7(11)12-9-4-2-3-8/h9H,2,4-5H2,1H3. The molecule has 0 aliphatic rings. The first-order valence-electron chi connectivity index (χ1n) is 3.45. The molecule has 0 aromatic heterocycles. The second kappa shape index (κ2) is 6.31. The summed E-state index contributed by atoms with van der Waals surface area (Å²) in [5, 5.41) is 8.09. The maximum Gasteiger partial charge on any atom is 0.332 e. The van der Waals surface area contributed by atoms with Crippen LogP contribution in [-0.4, -0.2) is 18.3 Å². The fraction of sp³-hybridized carbons (Fsp3) is 0.571. The molecule has 0 aliphatic carbocycles. The van der Waals surface area contributed by atoms with Crippen LogP contribution in [0.15, 0.2) is 0 Å². The number of carbonyl (C=O) groups is 2. The van der Waals surface area contributed by atoms with Crippen molar-refractivity contribution in [1.29, 1.82) is 5.26 Å². The summed E-state index contributed by atoms with van der Waals surface area (Å²) in [6, 6.07) is 1.86. The summed E-state index contributed by atoms with van der Waals surface area (Å²) < 4.78 is 0. The Labute approximate surface area is 70.3 Å². The Balaban J connectivity index is 3.33. The van der Waals surface area contributed by atoms with Gasteiger partial charge in [0.2, 0.25) is 0 Å². The molecule has 0 saturated carbocycles. The highest BCUT2D eigenvalue weighted by atomic mass is 16.7. The van der Waals surface area contributed by atoms with Gasteiger partial charge in [-0.05, 0) is 6.92 Å². The number of ketones is 1. The molecule has 0 spiro atoms. The maximum absolute atomic E-state index is 10.6. The van der Waals surface area contributed by atoms with Gasteiger partial charge in [0.25, 0.3) is 0 Å². The highest BCUT2D eigenvalue weighted by molar-refractivity contribution is 5.93. The summed E-state index contributed by atoms with van der Waals surface area (Å²) in [5.74, 6) is -0.873. The van der Waals surface area contributed by atoms with Crippen molar-refractivity contribution >= 4 is 11.8 Å². The zero-order valence-corrected chi connectivity index (χ0v) is 6.79. The van der Waals surface area contributed by atoms with E-state index < -0.39 is 5.97 Å². The van der Waals surface area contributed by atoms with Gasteiger partial charge in [-0.1, -0.05) is 0 Å². The lowest BCUT2D eigenvalue weighted by molar-refractivity contribution is -0.152. The lowest BCUT2D eigenvalue weighted by Crippen LogP contribution is -2.21. The van der Waals surface area contributed by atoms with Crippen LogP contribution in [0.3, 0.4) is 0 Å². The molecule has 0 atom stereocenters. The molecule has 0 aliphatic heterocycles. The molecule has 5 heteroatoms. The number of nitrogens with one attached hydrogen (secondary N) is 1. The molecule has 0 unspecified atom stereocenters. The Morgan fingerprint density at radius 1 is 1.58 bits per heavy atom. The van der Waals surface area contributed by atoms with E-state index in [1.165, 1.54) is 6.92 Å². The van der Waals surface area contributed by atoms with E-state index in [-0.39, 0.29) is 25.2 Å². The largest absolute Gasteiger partial charge is 0.370 e. The quantitative estimate of drug-likeness (QED) is 0.355. The van der Waals surface area contributed by atoms with E-state index in [1.54, 1.807) is 0 Å². The molecule has 0 radical (unpaired) electrons. The Morgan fingerprint density at radius 2 is 2.25 bits per heavy atom. The second-order valence-corrected chi connectivity index (χ2v) is 2.16. The molecule has 5 nitrogen and oxygen atoms in total. The van der Waals surface area contributed by atoms with Crippen LogP contribution in [-0.2, 0) is 14.4 Å². The first-order chi connectivity index (χ1) is 5.66. The smallest absolute Gasteiger partial charge is 0.332 e. The zero-order valence-electron chi connectivity index (χ0n) is 6.79. The monoisotopic (exact) mass is 170 g/mol. The number of hydroxylamine groups is 1. The van der Waals surface area contributed by atoms with Crippen LogP contribution in [0.25, 0.3) is 0 Å². The molecule has 1 N–H and O–H groups in total. The maximum atomic E-state index is 10.6. The molecule has 0 aromatic carbocycles. The lowest BCUT2D eigenvalue weighted by atomic mass is 10.3. The molecular formula is C7H10N2O3. The molecule has 0 saturated heterocycles. The summed E-state index contributed by atoms with van der Waals surface area (Å²) >= 11 is 0. The van der Waals surface area contributed by atoms with Gasteiger partial charge in [-0.15, -0.1) is 0 Å². The molecule has 0 heterocycles. The molecule has 0 fully saturated rings. The average molecular weight is 170 g/mol. The predicted octanol–water partition coefficient (Wildman–Crippen LogP) is -0.0730. The van der Waals surface area contributed by atoms with Gasteiger partial charge in [0.1, 0.15) is 12.2 Å². The normalized spacial score (nSPS) is 8.67. The van der Waals surface area contributed by atoms with Gasteiger partial charge >= 0.3 is 5.97 Å². The lowest BCUT2D eigenvalue weighted by Gasteiger charge is -2.00. The fourth-order valence-electron chi connectivity index (χ4n) is 0.478. The highest BCUT2D eigenvalue weighted by Gasteiger charge is 2.05. The highest BCUT2D eigenvalue weighted by Crippen LogP contribution is 1.84. The van der Waals surface area contributed by atoms with Crippen LogP contribution in [0.2, 0.25) is 0 Å². The van der Waals surface area contributed by atoms with Crippen molar-refractivity contribution in [3.63, 3.8) is 0 Å². The Hall–Kier alpha value is -1.41. The van der Waals surface area contributed by atoms with E-state index in [9.17, 15) is 9.59 Å². The number of hydrogen-bond acceptors (Lipinski definition) is 5. The van der Waals surface area contributed by atoms with Crippen LogP contribution < -0.4 is 5.48 Å². The van der Waals surface area contributed by atoms with E-state index in [1.807, 2.05) is 6.07 Å². The number of rotatable bonds is 5. The van der Waals surface area contributed by atoms with Crippen LogP contribution >= 0.6 is 0 Å². The molecule has 0 amide bonds. The Kier molecular flexibility index (Phi) is 5.57. The summed E-state index contributed by atoms with van der Waals surface area (Å²) in [6.07, 6.45) is 0.0207. The van der Waals surface area contributed by atoms with Crippen LogP contribution in [0.4, 0.5) is 0 Å². The third kappa shape index (κ3) is 6.71. The number of hydrogen-bond donors (Lipinski definition) is 1. The topological polar surface area (TPSA) is 79.2 Å². The van der Waals surface area contributed by atoms with E-state index in [0.717, 1.165) is 0 Å². The first-order valence-corrected chi connectivity index (χ1v) is 3.45. The molecule has 0 bridgehead atoms. The van der Waals surface area contributed by atoms with Crippen LogP contribution in [0, 0.1) is 11.3 Å². The molecule has 0 aromatic rings. The van der Waals surface area contributed by atoms with Crippen molar-refractivity contribution < 1.29 is 14.4 Å². The minimum Gasteiger partial charge on any atom is -0.370 e. The predicted molar refractivity (Wildman–Crippen MR) is 39.6 cm³/mol. The molecule has 0 rings (SSSR count). The molecule has 66 valence electrons. The Bertz CT molecular complexity index is 207. The van der Waals surface area contributed by atoms with Crippen molar-refractivity contribution in [1.82, 2.24) is 5.48 Å². The van der Waals surface area contributed by atoms with E-state index >= 15 is 0 Å². The van der Waals surface area contributed by atoms with Gasteiger partial charge in [0.05, 0.1) is 12.5 Å². The third-order valence-corrected chi connectivity index (χ3v) is 0.918. The van der Waals surface area contributed by atoms with Crippen LogP contribution in [0.1, 0.15) is 19.8 Å². The van der Waals surface area contributed by atoms with E-state index in [2.05, 4.69) is 10.3 Å². The van der Waals surface area contributed by atoms with Gasteiger partial charge in [-0.25, -0.2) is 4.79 Å². The van der Waals surface area contributed by atoms with E-state index in [0.29, 0.717) is 0 Å². The zero-order chi connectivity index (χ0) is 9.40. The average Bonchev–Trinajstić information content (AvgIpc) is 1.97. The summed E-state index contributed by atoms with van der Waals surface area (Å²) in [6.45, 7) is 1.58. The second-order valence-electron chi connectivity index (χ2n) is 2.16. The summed E-state index contributed by atoms with van der Waals surface area (Å²) in [4.78, 5) is 25.4. The van der Waals surface area contributed by atoms with Gasteiger partial charge in [0.15, 0.2) is 0 Å². The first kappa shape index (κ1) is 10.6. The van der Waals surface area contributed by atoms with E-state index in [4.69, 9.17) is 5.26 Å². The number of carbonyl (C=O) groups excluding carboxylic acids is 2. The SMILES string of the molecule is CC(=O)CC(=O)ONCCC#N. The number of nitrogens with zero attached hydrogens (tertiary/aromatic N) is 1. The molecule has 12 heavy (non-hydrogen) atoms. The number of nitriles is 1. The van der Waals surface area contributed by atoms with Crippen molar-refractivity contribution in [3.8, 4) is 6.07 Å². The summed E-state index contributed by atoms with van der Waals surface area (Å²) in [7, 11) is 0.